The quantitative estimate of drug-likeness (QED) is 0.514. The van der Waals surface area contributed by atoms with Crippen molar-refractivity contribution in [2.45, 2.75) is 57.5 Å². The summed E-state index contributed by atoms with van der Waals surface area (Å²) in [6.07, 6.45) is 5.04. The molecule has 5 N–H and O–H groups in total. The molecule has 0 saturated heterocycles. The average Bonchev–Trinajstić information content (AvgIpc) is 2.09. The second kappa shape index (κ2) is 7.76. The first-order chi connectivity index (χ1) is 6.54. The number of aliphatic carboxylic acids is 1. The molecule has 84 valence electrons. The van der Waals surface area contributed by atoms with Crippen LogP contribution in [0.2, 0.25) is 0 Å². The monoisotopic (exact) mass is 202 g/mol. The highest BCUT2D eigenvalue weighted by molar-refractivity contribution is 5.66. The number of nitrogens with two attached hydrogens (primary N) is 2. The van der Waals surface area contributed by atoms with E-state index in [2.05, 4.69) is 0 Å². The minimum absolute atomic E-state index is 0.0500. The first-order valence-corrected chi connectivity index (χ1v) is 5.27. The van der Waals surface area contributed by atoms with Gasteiger partial charge in [-0.25, -0.2) is 0 Å². The van der Waals surface area contributed by atoms with Gasteiger partial charge >= 0.3 is 5.97 Å². The topological polar surface area (TPSA) is 89.3 Å². The standard InChI is InChI=1S/C10H22N2O2/c1-8(11)9(12)6-4-2-3-5-7-10(13)14/h8-9H,2-7,11-12H2,1H3,(H,13,14)/t8-,9-/m0/s1. The number of carbonyl (C=O) groups is 1. The zero-order chi connectivity index (χ0) is 11.0. The molecule has 0 bridgehead atoms. The van der Waals surface area contributed by atoms with E-state index in [-0.39, 0.29) is 18.5 Å². The van der Waals surface area contributed by atoms with Crippen LogP contribution in [-0.4, -0.2) is 23.2 Å². The number of hydrogen-bond acceptors (Lipinski definition) is 3. The van der Waals surface area contributed by atoms with Crippen LogP contribution in [-0.2, 0) is 4.79 Å². The molecule has 4 heteroatoms. The van der Waals surface area contributed by atoms with E-state index in [9.17, 15) is 4.79 Å². The molecular formula is C10H22N2O2. The Balaban J connectivity index is 3.17. The molecule has 0 aliphatic heterocycles. The van der Waals surface area contributed by atoms with Gasteiger partial charge in [-0.15, -0.1) is 0 Å². The van der Waals surface area contributed by atoms with Gasteiger partial charge in [0.15, 0.2) is 0 Å². The summed E-state index contributed by atoms with van der Waals surface area (Å²) in [5.41, 5.74) is 11.4. The lowest BCUT2D eigenvalue weighted by molar-refractivity contribution is -0.137. The summed E-state index contributed by atoms with van der Waals surface area (Å²) < 4.78 is 0. The number of carboxylic acid groups (broad SMARTS) is 1. The number of carboxylic acids is 1. The van der Waals surface area contributed by atoms with Gasteiger partial charge < -0.3 is 16.6 Å². The molecule has 0 amide bonds. The van der Waals surface area contributed by atoms with Gasteiger partial charge in [0, 0.05) is 18.5 Å². The van der Waals surface area contributed by atoms with Gasteiger partial charge in [0.05, 0.1) is 0 Å². The van der Waals surface area contributed by atoms with Crippen LogP contribution in [0, 0.1) is 0 Å². The Bertz CT molecular complexity index is 160. The summed E-state index contributed by atoms with van der Waals surface area (Å²) in [6.45, 7) is 1.91. The van der Waals surface area contributed by atoms with Crippen molar-refractivity contribution >= 4 is 5.97 Å². The van der Waals surface area contributed by atoms with Crippen molar-refractivity contribution in [1.29, 1.82) is 0 Å². The Labute approximate surface area is 85.7 Å². The summed E-state index contributed by atoms with van der Waals surface area (Å²) in [5, 5.41) is 8.39. The highest BCUT2D eigenvalue weighted by atomic mass is 16.4. The van der Waals surface area contributed by atoms with Crippen molar-refractivity contribution in [2.75, 3.05) is 0 Å². The van der Waals surface area contributed by atoms with E-state index in [4.69, 9.17) is 16.6 Å². The van der Waals surface area contributed by atoms with Crippen LogP contribution in [0.1, 0.15) is 45.4 Å². The summed E-state index contributed by atoms with van der Waals surface area (Å²) in [6, 6.07) is 0.128. The minimum Gasteiger partial charge on any atom is -0.481 e. The van der Waals surface area contributed by atoms with E-state index < -0.39 is 5.97 Å². The molecule has 0 radical (unpaired) electrons. The molecule has 0 fully saturated rings. The Kier molecular flexibility index (Phi) is 7.42. The molecule has 0 aromatic carbocycles. The maximum absolute atomic E-state index is 10.2. The number of unbranched alkanes of at least 4 members (excludes halogenated alkanes) is 3. The third kappa shape index (κ3) is 8.01. The van der Waals surface area contributed by atoms with Gasteiger partial charge in [0.2, 0.25) is 0 Å². The Morgan fingerprint density at radius 1 is 1.21 bits per heavy atom. The summed E-state index contributed by atoms with van der Waals surface area (Å²) in [7, 11) is 0. The first-order valence-electron chi connectivity index (χ1n) is 5.27. The molecule has 0 aliphatic rings. The van der Waals surface area contributed by atoms with Gasteiger partial charge in [-0.05, 0) is 19.8 Å². The molecular weight excluding hydrogens is 180 g/mol. The molecule has 2 atom stereocenters. The molecule has 0 aromatic heterocycles. The van der Waals surface area contributed by atoms with E-state index in [1.54, 1.807) is 0 Å². The zero-order valence-electron chi connectivity index (χ0n) is 8.91. The second-order valence-electron chi connectivity index (χ2n) is 3.87. The third-order valence-electron chi connectivity index (χ3n) is 2.35. The van der Waals surface area contributed by atoms with Crippen molar-refractivity contribution in [3.8, 4) is 0 Å². The van der Waals surface area contributed by atoms with Crippen LogP contribution in [0.25, 0.3) is 0 Å². The maximum Gasteiger partial charge on any atom is 0.303 e. The fourth-order valence-electron chi connectivity index (χ4n) is 1.27. The van der Waals surface area contributed by atoms with E-state index in [1.807, 2.05) is 6.92 Å². The van der Waals surface area contributed by atoms with Crippen molar-refractivity contribution in [1.82, 2.24) is 0 Å². The predicted octanol–water partition coefficient (Wildman–Crippen LogP) is 1.09. The SMILES string of the molecule is C[C@H](N)[C@@H](N)CCCCCCC(=O)O. The third-order valence-corrected chi connectivity index (χ3v) is 2.35. The largest absolute Gasteiger partial charge is 0.481 e. The summed E-state index contributed by atoms with van der Waals surface area (Å²) in [4.78, 5) is 10.2. The molecule has 0 aromatic rings. The Morgan fingerprint density at radius 2 is 1.79 bits per heavy atom. The van der Waals surface area contributed by atoms with E-state index in [0.29, 0.717) is 0 Å². The first kappa shape index (κ1) is 13.4. The van der Waals surface area contributed by atoms with Gasteiger partial charge in [0.1, 0.15) is 0 Å². The maximum atomic E-state index is 10.2. The van der Waals surface area contributed by atoms with Crippen LogP contribution in [0.4, 0.5) is 0 Å². The van der Waals surface area contributed by atoms with Crippen LogP contribution >= 0.6 is 0 Å². The van der Waals surface area contributed by atoms with Crippen LogP contribution < -0.4 is 11.5 Å². The van der Waals surface area contributed by atoms with Crippen molar-refractivity contribution < 1.29 is 9.90 Å². The van der Waals surface area contributed by atoms with Gasteiger partial charge in [0.25, 0.3) is 0 Å². The summed E-state index contributed by atoms with van der Waals surface area (Å²) in [5.74, 6) is -0.711. The molecule has 0 saturated carbocycles. The van der Waals surface area contributed by atoms with Gasteiger partial charge in [-0.3, -0.25) is 4.79 Å². The van der Waals surface area contributed by atoms with E-state index in [1.165, 1.54) is 0 Å². The lowest BCUT2D eigenvalue weighted by atomic mass is 10.0. The Hall–Kier alpha value is -0.610. The molecule has 0 heterocycles. The smallest absolute Gasteiger partial charge is 0.303 e. The molecule has 0 rings (SSSR count). The van der Waals surface area contributed by atoms with E-state index in [0.717, 1.165) is 32.1 Å². The normalized spacial score (nSPS) is 15.1. The van der Waals surface area contributed by atoms with Crippen molar-refractivity contribution in [3.05, 3.63) is 0 Å². The number of hydrogen-bond donors (Lipinski definition) is 3. The highest BCUT2D eigenvalue weighted by Gasteiger charge is 2.06. The minimum atomic E-state index is -0.711. The van der Waals surface area contributed by atoms with Crippen molar-refractivity contribution in [2.24, 2.45) is 11.5 Å². The Morgan fingerprint density at radius 3 is 2.29 bits per heavy atom. The average molecular weight is 202 g/mol. The van der Waals surface area contributed by atoms with Crippen LogP contribution in [0.5, 0.6) is 0 Å². The second-order valence-corrected chi connectivity index (χ2v) is 3.87. The van der Waals surface area contributed by atoms with Gasteiger partial charge in [-0.1, -0.05) is 19.3 Å². The zero-order valence-corrected chi connectivity index (χ0v) is 8.91. The molecule has 0 unspecified atom stereocenters. The molecule has 14 heavy (non-hydrogen) atoms. The van der Waals surface area contributed by atoms with Crippen LogP contribution in [0.15, 0.2) is 0 Å². The fourth-order valence-corrected chi connectivity index (χ4v) is 1.27. The van der Waals surface area contributed by atoms with Crippen LogP contribution in [0.3, 0.4) is 0 Å². The molecule has 4 nitrogen and oxygen atoms in total. The van der Waals surface area contributed by atoms with Crippen molar-refractivity contribution in [3.63, 3.8) is 0 Å². The predicted molar refractivity (Wildman–Crippen MR) is 57.0 cm³/mol. The molecule has 0 spiro atoms. The van der Waals surface area contributed by atoms with E-state index >= 15 is 0 Å². The highest BCUT2D eigenvalue weighted by Crippen LogP contribution is 2.07. The molecule has 0 aliphatic carbocycles. The lowest BCUT2D eigenvalue weighted by Crippen LogP contribution is -2.38. The van der Waals surface area contributed by atoms with Gasteiger partial charge in [-0.2, -0.15) is 0 Å². The summed E-state index contributed by atoms with van der Waals surface area (Å²) >= 11 is 0. The fraction of sp³-hybridized carbons (Fsp3) is 0.900. The lowest BCUT2D eigenvalue weighted by Gasteiger charge is -2.14. The number of rotatable bonds is 8.